The second-order valence-electron chi connectivity index (χ2n) is 6.61. The second-order valence-corrected chi connectivity index (χ2v) is 7.53. The first-order valence-corrected chi connectivity index (χ1v) is 10.2. The summed E-state index contributed by atoms with van der Waals surface area (Å²) in [4.78, 5) is 4.64. The molecule has 1 saturated heterocycles. The molecule has 1 aliphatic heterocycles. The summed E-state index contributed by atoms with van der Waals surface area (Å²) in [6.45, 7) is 7.25. The number of nitrogens with zero attached hydrogens (tertiary/aromatic N) is 2. The van der Waals surface area contributed by atoms with Crippen LogP contribution in [0.15, 0.2) is 53.0 Å². The first kappa shape index (κ1) is 20.0. The average molecular weight is 435 g/mol. The van der Waals surface area contributed by atoms with Crippen molar-refractivity contribution in [1.29, 1.82) is 0 Å². The van der Waals surface area contributed by atoms with Gasteiger partial charge in [-0.2, -0.15) is 0 Å². The number of hydrogen-bond acceptors (Lipinski definition) is 5. The predicted octanol–water partition coefficient (Wildman–Crippen LogP) is 3.41. The van der Waals surface area contributed by atoms with Crippen LogP contribution in [0.25, 0.3) is 0 Å². The molecule has 1 unspecified atom stereocenters. The van der Waals surface area contributed by atoms with Crippen LogP contribution in [-0.4, -0.2) is 62.0 Å². The van der Waals surface area contributed by atoms with E-state index in [2.05, 4.69) is 31.8 Å². The van der Waals surface area contributed by atoms with Gasteiger partial charge >= 0.3 is 0 Å². The van der Waals surface area contributed by atoms with E-state index in [9.17, 15) is 5.11 Å². The average Bonchev–Trinajstić information content (AvgIpc) is 2.68. The Kier molecular flexibility index (Phi) is 7.38. The van der Waals surface area contributed by atoms with Crippen LogP contribution >= 0.6 is 15.9 Å². The molecule has 0 saturated carbocycles. The third-order valence-corrected chi connectivity index (χ3v) is 5.08. The zero-order chi connectivity index (χ0) is 19.1. The van der Waals surface area contributed by atoms with Gasteiger partial charge in [-0.3, -0.25) is 4.90 Å². The lowest BCUT2D eigenvalue weighted by Gasteiger charge is -2.37. The molecule has 6 heteroatoms. The number of halogens is 1. The number of β-amino-alcohol motifs (C(OH)–C–C–N with tert-alkyl or cyclic N) is 1. The molecule has 0 aromatic heterocycles. The molecule has 5 nitrogen and oxygen atoms in total. The fourth-order valence-electron chi connectivity index (χ4n) is 3.27. The fourth-order valence-corrected chi connectivity index (χ4v) is 3.65. The van der Waals surface area contributed by atoms with E-state index < -0.39 is 6.10 Å². The Labute approximate surface area is 169 Å². The highest BCUT2D eigenvalue weighted by Crippen LogP contribution is 2.28. The van der Waals surface area contributed by atoms with Crippen LogP contribution in [0.2, 0.25) is 0 Å². The van der Waals surface area contributed by atoms with Gasteiger partial charge in [-0.1, -0.05) is 34.1 Å². The summed E-state index contributed by atoms with van der Waals surface area (Å²) in [6, 6.07) is 15.9. The van der Waals surface area contributed by atoms with Gasteiger partial charge < -0.3 is 19.5 Å². The van der Waals surface area contributed by atoms with Crippen LogP contribution in [0.5, 0.6) is 11.5 Å². The molecular weight excluding hydrogens is 408 g/mol. The molecule has 3 rings (SSSR count). The zero-order valence-electron chi connectivity index (χ0n) is 15.7. The van der Waals surface area contributed by atoms with E-state index in [1.54, 1.807) is 0 Å². The van der Waals surface area contributed by atoms with Gasteiger partial charge in [0.25, 0.3) is 0 Å². The summed E-state index contributed by atoms with van der Waals surface area (Å²) in [5.41, 5.74) is 1.15. The monoisotopic (exact) mass is 434 g/mol. The summed E-state index contributed by atoms with van der Waals surface area (Å²) in [7, 11) is 0. The Morgan fingerprint density at radius 3 is 2.56 bits per heavy atom. The lowest BCUT2D eigenvalue weighted by Crippen LogP contribution is -2.49. The summed E-state index contributed by atoms with van der Waals surface area (Å²) in [6.07, 6.45) is -0.508. The summed E-state index contributed by atoms with van der Waals surface area (Å²) in [5, 5.41) is 10.3. The molecule has 1 atom stereocenters. The van der Waals surface area contributed by atoms with Crippen molar-refractivity contribution in [2.24, 2.45) is 0 Å². The van der Waals surface area contributed by atoms with Gasteiger partial charge in [0, 0.05) is 37.2 Å². The number of piperazine rings is 1. The van der Waals surface area contributed by atoms with Gasteiger partial charge in [-0.25, -0.2) is 0 Å². The molecular formula is C21H27BrN2O3. The minimum atomic E-state index is -0.508. The van der Waals surface area contributed by atoms with Crippen LogP contribution in [-0.2, 0) is 0 Å². The van der Waals surface area contributed by atoms with E-state index in [0.29, 0.717) is 19.8 Å². The number of para-hydroxylation sites is 2. The number of anilines is 1. The van der Waals surface area contributed by atoms with Crippen molar-refractivity contribution in [2.75, 3.05) is 50.8 Å². The van der Waals surface area contributed by atoms with E-state index in [4.69, 9.17) is 9.47 Å². The van der Waals surface area contributed by atoms with Gasteiger partial charge in [0.15, 0.2) is 0 Å². The molecule has 0 spiro atoms. The van der Waals surface area contributed by atoms with E-state index in [-0.39, 0.29) is 0 Å². The van der Waals surface area contributed by atoms with Gasteiger partial charge in [0.2, 0.25) is 0 Å². The first-order chi connectivity index (χ1) is 13.2. The summed E-state index contributed by atoms with van der Waals surface area (Å²) in [5.74, 6) is 1.71. The quantitative estimate of drug-likeness (QED) is 0.689. The molecule has 1 heterocycles. The van der Waals surface area contributed by atoms with E-state index >= 15 is 0 Å². The number of benzene rings is 2. The standard InChI is InChI=1S/C21H27BrN2O3/c1-2-26-21-9-4-3-8-20(21)24-12-10-23(11-13-24)15-18(25)16-27-19-7-5-6-17(22)14-19/h3-9,14,18,25H,2,10-13,15-16H2,1H3. The smallest absolute Gasteiger partial charge is 0.142 e. The third-order valence-electron chi connectivity index (χ3n) is 4.59. The molecule has 2 aromatic rings. The molecule has 0 amide bonds. The number of hydrogen-bond donors (Lipinski definition) is 1. The van der Waals surface area contributed by atoms with Gasteiger partial charge in [0.1, 0.15) is 24.2 Å². The maximum Gasteiger partial charge on any atom is 0.142 e. The Morgan fingerprint density at radius 1 is 1.04 bits per heavy atom. The molecule has 1 fully saturated rings. The van der Waals surface area contributed by atoms with Gasteiger partial charge in [-0.05, 0) is 37.3 Å². The predicted molar refractivity (Wildman–Crippen MR) is 112 cm³/mol. The van der Waals surface area contributed by atoms with Crippen molar-refractivity contribution in [3.05, 3.63) is 53.0 Å². The van der Waals surface area contributed by atoms with Crippen LogP contribution < -0.4 is 14.4 Å². The zero-order valence-corrected chi connectivity index (χ0v) is 17.3. The number of aliphatic hydroxyl groups excluding tert-OH is 1. The minimum absolute atomic E-state index is 0.295. The van der Waals surface area contributed by atoms with Crippen molar-refractivity contribution < 1.29 is 14.6 Å². The molecule has 146 valence electrons. The molecule has 2 aromatic carbocycles. The minimum Gasteiger partial charge on any atom is -0.492 e. The highest BCUT2D eigenvalue weighted by Gasteiger charge is 2.21. The van der Waals surface area contributed by atoms with Crippen molar-refractivity contribution in [3.63, 3.8) is 0 Å². The summed E-state index contributed by atoms with van der Waals surface area (Å²) >= 11 is 3.42. The Balaban J connectivity index is 1.45. The topological polar surface area (TPSA) is 45.2 Å². The molecule has 1 aliphatic rings. The van der Waals surface area contributed by atoms with Crippen LogP contribution in [0.3, 0.4) is 0 Å². The van der Waals surface area contributed by atoms with Gasteiger partial charge in [-0.15, -0.1) is 0 Å². The number of ether oxygens (including phenoxy) is 2. The maximum absolute atomic E-state index is 10.3. The van der Waals surface area contributed by atoms with Crippen molar-refractivity contribution in [3.8, 4) is 11.5 Å². The normalized spacial score (nSPS) is 16.2. The van der Waals surface area contributed by atoms with Crippen LogP contribution in [0, 0.1) is 0 Å². The fraction of sp³-hybridized carbons (Fsp3) is 0.429. The van der Waals surface area contributed by atoms with Crippen molar-refractivity contribution >= 4 is 21.6 Å². The SMILES string of the molecule is CCOc1ccccc1N1CCN(CC(O)COc2cccc(Br)c2)CC1. The van der Waals surface area contributed by atoms with Crippen LogP contribution in [0.4, 0.5) is 5.69 Å². The largest absolute Gasteiger partial charge is 0.492 e. The van der Waals surface area contributed by atoms with Crippen molar-refractivity contribution in [1.82, 2.24) is 4.90 Å². The second kappa shape index (κ2) is 9.97. The Morgan fingerprint density at radius 2 is 1.81 bits per heavy atom. The molecule has 0 aliphatic carbocycles. The molecule has 1 N–H and O–H groups in total. The van der Waals surface area contributed by atoms with E-state index in [1.165, 1.54) is 0 Å². The summed E-state index contributed by atoms with van der Waals surface area (Å²) < 4.78 is 12.4. The lowest BCUT2D eigenvalue weighted by molar-refractivity contribution is 0.0662. The highest BCUT2D eigenvalue weighted by atomic mass is 79.9. The first-order valence-electron chi connectivity index (χ1n) is 9.41. The molecule has 0 bridgehead atoms. The molecule has 0 radical (unpaired) electrons. The number of rotatable bonds is 8. The Hall–Kier alpha value is -1.76. The number of aliphatic hydroxyl groups is 1. The van der Waals surface area contributed by atoms with Gasteiger partial charge in [0.05, 0.1) is 12.3 Å². The highest BCUT2D eigenvalue weighted by molar-refractivity contribution is 9.10. The lowest BCUT2D eigenvalue weighted by atomic mass is 10.2. The van der Waals surface area contributed by atoms with E-state index in [0.717, 1.165) is 47.8 Å². The van der Waals surface area contributed by atoms with Crippen LogP contribution in [0.1, 0.15) is 6.92 Å². The third kappa shape index (κ3) is 5.86. The van der Waals surface area contributed by atoms with E-state index in [1.807, 2.05) is 49.4 Å². The molecule has 27 heavy (non-hydrogen) atoms. The maximum atomic E-state index is 10.3. The Bertz CT molecular complexity index is 720. The van der Waals surface area contributed by atoms with Crippen molar-refractivity contribution in [2.45, 2.75) is 13.0 Å².